The molecule has 1 aromatic carbocycles. The summed E-state index contributed by atoms with van der Waals surface area (Å²) in [5.74, 6) is 4.08. The zero-order valence-corrected chi connectivity index (χ0v) is 7.43. The molecule has 1 amide bonds. The summed E-state index contributed by atoms with van der Waals surface area (Å²) in [6.45, 7) is 0. The second kappa shape index (κ2) is 3.77. The molecule has 1 aromatic rings. The predicted molar refractivity (Wildman–Crippen MR) is 47.5 cm³/mol. The van der Waals surface area contributed by atoms with Gasteiger partial charge in [0.2, 0.25) is 0 Å². The van der Waals surface area contributed by atoms with E-state index in [-0.39, 0.29) is 11.3 Å². The van der Waals surface area contributed by atoms with E-state index in [2.05, 4.69) is 0 Å². The van der Waals surface area contributed by atoms with E-state index in [1.54, 1.807) is 5.43 Å². The maximum Gasteiger partial charge on any atom is 0.416 e. The number of nitrogens with one attached hydrogen (secondary N) is 1. The van der Waals surface area contributed by atoms with Crippen LogP contribution in [0.25, 0.3) is 0 Å². The summed E-state index contributed by atoms with van der Waals surface area (Å²) in [6.07, 6.45) is -4.48. The normalized spacial score (nSPS) is 11.2. The van der Waals surface area contributed by atoms with Crippen molar-refractivity contribution in [1.29, 1.82) is 0 Å². The van der Waals surface area contributed by atoms with Crippen LogP contribution in [-0.4, -0.2) is 5.91 Å². The lowest BCUT2D eigenvalue weighted by atomic mass is 10.1. The Hall–Kier alpha value is -1.76. The lowest BCUT2D eigenvalue weighted by Crippen LogP contribution is -2.30. The summed E-state index contributed by atoms with van der Waals surface area (Å²) in [4.78, 5) is 11.0. The minimum atomic E-state index is -4.48. The molecule has 82 valence electrons. The van der Waals surface area contributed by atoms with Gasteiger partial charge in [0.15, 0.2) is 0 Å². The second-order valence-electron chi connectivity index (χ2n) is 2.77. The van der Waals surface area contributed by atoms with Crippen LogP contribution >= 0.6 is 0 Å². The fraction of sp³-hybridized carbons (Fsp3) is 0.125. The lowest BCUT2D eigenvalue weighted by molar-refractivity contribution is -0.137. The van der Waals surface area contributed by atoms with Gasteiger partial charge in [0, 0.05) is 5.69 Å². The van der Waals surface area contributed by atoms with Gasteiger partial charge in [-0.1, -0.05) is 0 Å². The van der Waals surface area contributed by atoms with Gasteiger partial charge in [0.25, 0.3) is 5.91 Å². The number of nitrogen functional groups attached to an aromatic ring is 2. The molecule has 0 saturated carbocycles. The van der Waals surface area contributed by atoms with Gasteiger partial charge in [-0.2, -0.15) is 13.2 Å². The molecule has 0 unspecified atom stereocenters. The number of nitrogens with two attached hydrogens (primary N) is 2. The van der Waals surface area contributed by atoms with Gasteiger partial charge in [0.1, 0.15) is 0 Å². The first-order chi connectivity index (χ1) is 6.86. The summed E-state index contributed by atoms with van der Waals surface area (Å²) in [6, 6.07) is 2.42. The third kappa shape index (κ3) is 2.38. The fourth-order valence-corrected chi connectivity index (χ4v) is 1.02. The highest BCUT2D eigenvalue weighted by Crippen LogP contribution is 2.31. The molecule has 0 fully saturated rings. The van der Waals surface area contributed by atoms with Crippen molar-refractivity contribution in [1.82, 2.24) is 5.43 Å². The van der Waals surface area contributed by atoms with E-state index in [9.17, 15) is 18.0 Å². The molecule has 7 heteroatoms. The number of hydrazine groups is 1. The standard InChI is InChI=1S/C8H8F3N3O/c9-8(10,11)4-1-2-5(6(12)3-4)7(15)14-13/h1-3H,12-13H2,(H,14,15). The number of hydrogen-bond acceptors (Lipinski definition) is 3. The molecule has 0 aliphatic heterocycles. The molecule has 0 saturated heterocycles. The van der Waals surface area contributed by atoms with Crippen molar-refractivity contribution in [3.63, 3.8) is 0 Å². The molecule has 0 radical (unpaired) electrons. The highest BCUT2D eigenvalue weighted by Gasteiger charge is 2.31. The zero-order valence-electron chi connectivity index (χ0n) is 7.43. The summed E-state index contributed by atoms with van der Waals surface area (Å²) in [5, 5.41) is 0. The molecule has 0 aliphatic rings. The van der Waals surface area contributed by atoms with Crippen molar-refractivity contribution < 1.29 is 18.0 Å². The van der Waals surface area contributed by atoms with E-state index in [1.807, 2.05) is 0 Å². The van der Waals surface area contributed by atoms with Crippen LogP contribution in [0.15, 0.2) is 18.2 Å². The van der Waals surface area contributed by atoms with Crippen LogP contribution in [-0.2, 0) is 6.18 Å². The maximum absolute atomic E-state index is 12.2. The third-order valence-corrected chi connectivity index (χ3v) is 1.75. The maximum atomic E-state index is 12.2. The summed E-state index contributed by atoms with van der Waals surface area (Å²) >= 11 is 0. The van der Waals surface area contributed by atoms with E-state index in [0.29, 0.717) is 6.07 Å². The van der Waals surface area contributed by atoms with Crippen molar-refractivity contribution in [2.24, 2.45) is 5.84 Å². The average molecular weight is 219 g/mol. The largest absolute Gasteiger partial charge is 0.416 e. The number of amides is 1. The van der Waals surface area contributed by atoms with Gasteiger partial charge >= 0.3 is 6.18 Å². The second-order valence-corrected chi connectivity index (χ2v) is 2.77. The summed E-state index contributed by atoms with van der Waals surface area (Å²) in [7, 11) is 0. The van der Waals surface area contributed by atoms with E-state index in [1.165, 1.54) is 0 Å². The molecule has 0 bridgehead atoms. The molecule has 0 atom stereocenters. The summed E-state index contributed by atoms with van der Waals surface area (Å²) < 4.78 is 36.6. The Labute approximate surface area is 83.0 Å². The summed E-state index contributed by atoms with van der Waals surface area (Å²) in [5.41, 5.74) is 5.79. The Balaban J connectivity index is 3.15. The number of alkyl halides is 3. The number of anilines is 1. The monoisotopic (exact) mass is 219 g/mol. The molecule has 15 heavy (non-hydrogen) atoms. The van der Waals surface area contributed by atoms with E-state index in [0.717, 1.165) is 12.1 Å². The van der Waals surface area contributed by atoms with Crippen molar-refractivity contribution >= 4 is 11.6 Å². The van der Waals surface area contributed by atoms with Crippen molar-refractivity contribution in [2.45, 2.75) is 6.18 Å². The van der Waals surface area contributed by atoms with Gasteiger partial charge in [-0.25, -0.2) is 5.84 Å². The lowest BCUT2D eigenvalue weighted by Gasteiger charge is -2.09. The highest BCUT2D eigenvalue weighted by atomic mass is 19.4. The predicted octanol–water partition coefficient (Wildman–Crippen LogP) is 0.891. The Kier molecular flexibility index (Phi) is 2.85. The van der Waals surface area contributed by atoms with Crippen LogP contribution in [0.4, 0.5) is 18.9 Å². The average Bonchev–Trinajstić information content (AvgIpc) is 2.15. The van der Waals surface area contributed by atoms with Crippen LogP contribution in [0.1, 0.15) is 15.9 Å². The smallest absolute Gasteiger partial charge is 0.398 e. The Morgan fingerprint density at radius 2 is 1.93 bits per heavy atom. The number of carbonyl (C=O) groups is 1. The van der Waals surface area contributed by atoms with Gasteiger partial charge in [-0.3, -0.25) is 10.2 Å². The van der Waals surface area contributed by atoms with Gasteiger partial charge in [0.05, 0.1) is 11.1 Å². The minimum Gasteiger partial charge on any atom is -0.398 e. The van der Waals surface area contributed by atoms with Crippen LogP contribution in [0, 0.1) is 0 Å². The molecule has 5 N–H and O–H groups in total. The van der Waals surface area contributed by atoms with E-state index < -0.39 is 17.6 Å². The Bertz CT molecular complexity index is 389. The molecular weight excluding hydrogens is 211 g/mol. The van der Waals surface area contributed by atoms with E-state index >= 15 is 0 Å². The van der Waals surface area contributed by atoms with Gasteiger partial charge < -0.3 is 5.73 Å². The fourth-order valence-electron chi connectivity index (χ4n) is 1.02. The quantitative estimate of drug-likeness (QED) is 0.284. The molecule has 4 nitrogen and oxygen atoms in total. The van der Waals surface area contributed by atoms with Crippen LogP contribution in [0.5, 0.6) is 0 Å². The molecule has 0 spiro atoms. The van der Waals surface area contributed by atoms with Crippen molar-refractivity contribution in [2.75, 3.05) is 5.73 Å². The third-order valence-electron chi connectivity index (χ3n) is 1.75. The number of rotatable bonds is 1. The van der Waals surface area contributed by atoms with E-state index in [4.69, 9.17) is 11.6 Å². The van der Waals surface area contributed by atoms with Crippen LogP contribution in [0.2, 0.25) is 0 Å². The molecule has 1 rings (SSSR count). The number of carbonyl (C=O) groups excluding carboxylic acids is 1. The first kappa shape index (κ1) is 11.3. The number of benzene rings is 1. The Morgan fingerprint density at radius 3 is 2.33 bits per heavy atom. The number of hydrogen-bond donors (Lipinski definition) is 3. The molecule has 0 aromatic heterocycles. The first-order valence-corrected chi connectivity index (χ1v) is 3.84. The molecule has 0 heterocycles. The van der Waals surface area contributed by atoms with Crippen LogP contribution < -0.4 is 17.0 Å². The van der Waals surface area contributed by atoms with Gasteiger partial charge in [-0.05, 0) is 18.2 Å². The van der Waals surface area contributed by atoms with Crippen LogP contribution in [0.3, 0.4) is 0 Å². The van der Waals surface area contributed by atoms with Gasteiger partial charge in [-0.15, -0.1) is 0 Å². The van der Waals surface area contributed by atoms with Crippen molar-refractivity contribution in [3.8, 4) is 0 Å². The Morgan fingerprint density at radius 1 is 1.33 bits per heavy atom. The zero-order chi connectivity index (χ0) is 11.6. The molecular formula is C8H8F3N3O. The minimum absolute atomic E-state index is 0.0921. The first-order valence-electron chi connectivity index (χ1n) is 3.84. The molecule has 0 aliphatic carbocycles. The van der Waals surface area contributed by atoms with Crippen molar-refractivity contribution in [3.05, 3.63) is 29.3 Å². The SMILES string of the molecule is NNC(=O)c1ccc(C(F)(F)F)cc1N. The topological polar surface area (TPSA) is 81.1 Å². The number of halogens is 3. The highest BCUT2D eigenvalue weighted by molar-refractivity contribution is 5.98.